The quantitative estimate of drug-likeness (QED) is 0.307. The number of halogens is 2. The molecule has 0 fully saturated rings. The van der Waals surface area contributed by atoms with Crippen LogP contribution < -0.4 is 16.0 Å². The smallest absolute Gasteiger partial charge is 0.239 e. The Balaban J connectivity index is 0.00000392. The zero-order valence-electron chi connectivity index (χ0n) is 16.4. The Labute approximate surface area is 186 Å². The molecule has 0 saturated heterocycles. The third-order valence-electron chi connectivity index (χ3n) is 3.36. The Hall–Kier alpha value is -1.88. The van der Waals surface area contributed by atoms with Crippen LogP contribution >= 0.6 is 35.6 Å². The number of benzene rings is 1. The van der Waals surface area contributed by atoms with Gasteiger partial charge in [-0.2, -0.15) is 4.98 Å². The van der Waals surface area contributed by atoms with Crippen LogP contribution in [0.25, 0.3) is 11.4 Å². The molecule has 0 radical (unpaired) electrons. The number of carbonyl (C=O) groups excluding carboxylic acids is 1. The molecule has 8 nitrogen and oxygen atoms in total. The lowest BCUT2D eigenvalue weighted by molar-refractivity contribution is -0.121. The van der Waals surface area contributed by atoms with E-state index in [4.69, 9.17) is 16.1 Å². The molecule has 0 atom stereocenters. The third-order valence-corrected chi connectivity index (χ3v) is 3.61. The maximum absolute atomic E-state index is 11.8. The zero-order chi connectivity index (χ0) is 19.9. The van der Waals surface area contributed by atoms with Crippen LogP contribution in [0.2, 0.25) is 5.02 Å². The molecule has 0 aliphatic carbocycles. The van der Waals surface area contributed by atoms with E-state index in [2.05, 4.69) is 31.1 Å². The highest BCUT2D eigenvalue weighted by Gasteiger charge is 2.14. The molecule has 3 N–H and O–H groups in total. The molecular weight excluding hydrogens is 495 g/mol. The van der Waals surface area contributed by atoms with E-state index >= 15 is 0 Å². The van der Waals surface area contributed by atoms with Crippen LogP contribution in [0.5, 0.6) is 0 Å². The summed E-state index contributed by atoms with van der Waals surface area (Å²) in [6.45, 7) is 6.46. The summed E-state index contributed by atoms with van der Waals surface area (Å²) in [6.07, 6.45) is 0.523. The molecule has 10 heteroatoms. The number of rotatable bonds is 6. The molecule has 1 heterocycles. The maximum atomic E-state index is 11.8. The fourth-order valence-electron chi connectivity index (χ4n) is 2.21. The number of aromatic nitrogens is 2. The highest BCUT2D eigenvalue weighted by Crippen LogP contribution is 2.18. The largest absolute Gasteiger partial charge is 0.356 e. The van der Waals surface area contributed by atoms with Crippen LogP contribution in [0.15, 0.2) is 33.8 Å². The molecule has 1 aromatic carbocycles. The Morgan fingerprint density at radius 1 is 1.21 bits per heavy atom. The van der Waals surface area contributed by atoms with Crippen molar-refractivity contribution in [3.05, 3.63) is 35.2 Å². The van der Waals surface area contributed by atoms with E-state index in [0.29, 0.717) is 35.7 Å². The highest BCUT2D eigenvalue weighted by molar-refractivity contribution is 14.0. The van der Waals surface area contributed by atoms with Gasteiger partial charge in [0.2, 0.25) is 17.6 Å². The van der Waals surface area contributed by atoms with Crippen molar-refractivity contribution in [3.8, 4) is 11.4 Å². The second-order valence-electron chi connectivity index (χ2n) is 6.92. The van der Waals surface area contributed by atoms with E-state index in [0.717, 1.165) is 5.56 Å². The van der Waals surface area contributed by atoms with Crippen molar-refractivity contribution in [2.24, 2.45) is 4.99 Å². The highest BCUT2D eigenvalue weighted by atomic mass is 127. The van der Waals surface area contributed by atoms with E-state index in [1.807, 2.05) is 32.9 Å². The molecule has 1 aromatic heterocycles. The van der Waals surface area contributed by atoms with Gasteiger partial charge in [0.15, 0.2) is 5.96 Å². The van der Waals surface area contributed by atoms with Gasteiger partial charge in [-0.3, -0.25) is 9.79 Å². The minimum atomic E-state index is -0.268. The van der Waals surface area contributed by atoms with Gasteiger partial charge in [-0.05, 0) is 45.0 Å². The third kappa shape index (κ3) is 8.42. The van der Waals surface area contributed by atoms with Crippen LogP contribution in [-0.4, -0.2) is 47.7 Å². The van der Waals surface area contributed by atoms with Crippen LogP contribution in [0, 0.1) is 0 Å². The molecule has 0 aliphatic heterocycles. The summed E-state index contributed by atoms with van der Waals surface area (Å²) in [6, 6.07) is 7.23. The van der Waals surface area contributed by atoms with Gasteiger partial charge in [0, 0.05) is 36.1 Å². The average Bonchev–Trinajstić information content (AvgIpc) is 3.06. The number of carbonyl (C=O) groups is 1. The second kappa shape index (κ2) is 11.2. The number of nitrogens with one attached hydrogen (secondary N) is 3. The molecule has 2 rings (SSSR count). The van der Waals surface area contributed by atoms with E-state index < -0.39 is 0 Å². The first kappa shape index (κ1) is 24.2. The second-order valence-corrected chi connectivity index (χ2v) is 7.36. The van der Waals surface area contributed by atoms with Crippen molar-refractivity contribution in [3.63, 3.8) is 0 Å². The minimum Gasteiger partial charge on any atom is -0.356 e. The Morgan fingerprint density at radius 3 is 2.50 bits per heavy atom. The van der Waals surface area contributed by atoms with E-state index in [9.17, 15) is 4.79 Å². The summed E-state index contributed by atoms with van der Waals surface area (Å²) in [4.78, 5) is 20.3. The lowest BCUT2D eigenvalue weighted by atomic mass is 10.1. The SMILES string of the molecule is CN=C(NCCc1nc(-c2ccc(Cl)cc2)no1)NCC(=O)NC(C)(C)C.I. The maximum Gasteiger partial charge on any atom is 0.239 e. The first-order valence-electron chi connectivity index (χ1n) is 8.61. The zero-order valence-corrected chi connectivity index (χ0v) is 19.5. The number of amides is 1. The lowest BCUT2D eigenvalue weighted by Gasteiger charge is -2.21. The van der Waals surface area contributed by atoms with Gasteiger partial charge in [-0.15, -0.1) is 24.0 Å². The summed E-state index contributed by atoms with van der Waals surface area (Å²) in [5, 5.41) is 13.6. The molecule has 2 aromatic rings. The van der Waals surface area contributed by atoms with Crippen LogP contribution in [0.1, 0.15) is 26.7 Å². The summed E-state index contributed by atoms with van der Waals surface area (Å²) < 4.78 is 5.26. The Kier molecular flexibility index (Phi) is 9.66. The van der Waals surface area contributed by atoms with Crippen molar-refractivity contribution in [2.45, 2.75) is 32.7 Å². The fraction of sp³-hybridized carbons (Fsp3) is 0.444. The van der Waals surface area contributed by atoms with Gasteiger partial charge in [0.1, 0.15) is 0 Å². The summed E-state index contributed by atoms with van der Waals surface area (Å²) in [5.41, 5.74) is 0.569. The number of nitrogens with zero attached hydrogens (tertiary/aromatic N) is 3. The average molecular weight is 521 g/mol. The van der Waals surface area contributed by atoms with Crippen molar-refractivity contribution < 1.29 is 9.32 Å². The van der Waals surface area contributed by atoms with Gasteiger partial charge in [-0.1, -0.05) is 16.8 Å². The van der Waals surface area contributed by atoms with Crippen LogP contribution in [-0.2, 0) is 11.2 Å². The van der Waals surface area contributed by atoms with Gasteiger partial charge in [-0.25, -0.2) is 0 Å². The summed E-state index contributed by atoms with van der Waals surface area (Å²) in [7, 11) is 1.64. The molecule has 1 amide bonds. The molecule has 0 aliphatic rings. The predicted molar refractivity (Wildman–Crippen MR) is 121 cm³/mol. The lowest BCUT2D eigenvalue weighted by Crippen LogP contribution is -2.48. The fourth-order valence-corrected chi connectivity index (χ4v) is 2.33. The predicted octanol–water partition coefficient (Wildman–Crippen LogP) is 2.63. The van der Waals surface area contributed by atoms with Crippen molar-refractivity contribution in [1.82, 2.24) is 26.1 Å². The van der Waals surface area contributed by atoms with Crippen molar-refractivity contribution >= 4 is 47.4 Å². The van der Waals surface area contributed by atoms with Gasteiger partial charge in [0.05, 0.1) is 6.54 Å². The normalized spacial score (nSPS) is 11.5. The molecule has 0 unspecified atom stereocenters. The number of hydrogen-bond donors (Lipinski definition) is 3. The Morgan fingerprint density at radius 2 is 1.89 bits per heavy atom. The van der Waals surface area contributed by atoms with E-state index in [-0.39, 0.29) is 42.0 Å². The van der Waals surface area contributed by atoms with Gasteiger partial charge in [0.25, 0.3) is 0 Å². The Bertz CT molecular complexity index is 786. The standard InChI is InChI=1S/C18H25ClN6O2.HI/c1-18(2,3)24-14(26)11-22-17(20-4)21-10-9-15-23-16(25-27-15)12-5-7-13(19)8-6-12;/h5-8H,9-11H2,1-4H3,(H,24,26)(H2,20,21,22);1H. The van der Waals surface area contributed by atoms with Crippen LogP contribution in [0.4, 0.5) is 0 Å². The first-order valence-corrected chi connectivity index (χ1v) is 8.98. The summed E-state index contributed by atoms with van der Waals surface area (Å²) in [5.74, 6) is 1.45. The van der Waals surface area contributed by atoms with E-state index in [1.165, 1.54) is 0 Å². The van der Waals surface area contributed by atoms with Gasteiger partial charge >= 0.3 is 0 Å². The van der Waals surface area contributed by atoms with E-state index in [1.54, 1.807) is 19.2 Å². The number of guanidine groups is 1. The molecule has 0 spiro atoms. The summed E-state index contributed by atoms with van der Waals surface area (Å²) >= 11 is 5.88. The number of hydrogen-bond acceptors (Lipinski definition) is 5. The molecule has 28 heavy (non-hydrogen) atoms. The molecule has 0 bridgehead atoms. The molecule has 0 saturated carbocycles. The topological polar surface area (TPSA) is 104 Å². The van der Waals surface area contributed by atoms with Gasteiger partial charge < -0.3 is 20.5 Å². The van der Waals surface area contributed by atoms with Crippen molar-refractivity contribution in [1.29, 1.82) is 0 Å². The minimum absolute atomic E-state index is 0. The number of aliphatic imine (C=N–C) groups is 1. The van der Waals surface area contributed by atoms with Crippen LogP contribution in [0.3, 0.4) is 0 Å². The molecular formula is C18H26ClIN6O2. The van der Waals surface area contributed by atoms with Crippen molar-refractivity contribution in [2.75, 3.05) is 20.1 Å². The first-order chi connectivity index (χ1) is 12.8. The molecule has 154 valence electrons. The monoisotopic (exact) mass is 520 g/mol.